The van der Waals surface area contributed by atoms with E-state index in [0.29, 0.717) is 31.1 Å². The van der Waals surface area contributed by atoms with Gasteiger partial charge in [-0.25, -0.2) is 9.78 Å². The monoisotopic (exact) mass is 455 g/mol. The van der Waals surface area contributed by atoms with E-state index in [0.717, 1.165) is 42.8 Å². The summed E-state index contributed by atoms with van der Waals surface area (Å²) in [6.07, 6.45) is 5.29. The van der Waals surface area contributed by atoms with Gasteiger partial charge in [0.25, 0.3) is 5.91 Å². The van der Waals surface area contributed by atoms with Crippen LogP contribution in [0.5, 0.6) is 0 Å². The Hall–Kier alpha value is -2.61. The fourth-order valence-electron chi connectivity index (χ4n) is 5.24. The van der Waals surface area contributed by atoms with Crippen LogP contribution in [-0.2, 0) is 4.74 Å². The predicted octanol–water partition coefficient (Wildman–Crippen LogP) is 3.75. The Morgan fingerprint density at radius 1 is 1.15 bits per heavy atom. The molecule has 2 aliphatic rings. The summed E-state index contributed by atoms with van der Waals surface area (Å²) in [4.78, 5) is 37.5. The predicted molar refractivity (Wildman–Crippen MR) is 128 cm³/mol. The number of methoxy groups -OCH3 is 1. The number of aromatic amines is 1. The summed E-state index contributed by atoms with van der Waals surface area (Å²) in [7, 11) is 1.44. The third-order valence-electron chi connectivity index (χ3n) is 7.17. The maximum Gasteiger partial charge on any atom is 0.409 e. The first-order valence-corrected chi connectivity index (χ1v) is 12.3. The average Bonchev–Trinajstić information content (AvgIpc) is 3.29. The topological polar surface area (TPSA) is 90.6 Å². The summed E-state index contributed by atoms with van der Waals surface area (Å²) in [6.45, 7) is 8.35. The fraction of sp³-hybridized carbons (Fsp3) is 0.640. The molecule has 2 saturated heterocycles. The number of aromatic nitrogens is 2. The number of piperidine rings is 2. The Morgan fingerprint density at radius 3 is 2.55 bits per heavy atom. The lowest BCUT2D eigenvalue weighted by Crippen LogP contribution is -2.52. The van der Waals surface area contributed by atoms with Gasteiger partial charge in [0, 0.05) is 31.6 Å². The molecule has 2 aromatic rings. The molecule has 1 aromatic heterocycles. The number of nitrogens with zero attached hydrogens (tertiary/aromatic N) is 3. The van der Waals surface area contributed by atoms with E-state index in [-0.39, 0.29) is 24.0 Å². The molecule has 8 heteroatoms. The van der Waals surface area contributed by atoms with Crippen molar-refractivity contribution >= 4 is 23.0 Å². The van der Waals surface area contributed by atoms with E-state index >= 15 is 0 Å². The van der Waals surface area contributed by atoms with E-state index in [1.807, 2.05) is 18.2 Å². The zero-order valence-electron chi connectivity index (χ0n) is 20.1. The number of hydrogen-bond acceptors (Lipinski definition) is 5. The summed E-state index contributed by atoms with van der Waals surface area (Å²) < 4.78 is 4.89. The van der Waals surface area contributed by atoms with Crippen LogP contribution >= 0.6 is 0 Å². The van der Waals surface area contributed by atoms with E-state index in [1.165, 1.54) is 26.4 Å². The van der Waals surface area contributed by atoms with Gasteiger partial charge in [0.05, 0.1) is 18.2 Å². The second-order valence-electron chi connectivity index (χ2n) is 9.65. The number of carbonyl (C=O) groups excluding carboxylic acids is 2. The first-order valence-electron chi connectivity index (χ1n) is 12.3. The largest absolute Gasteiger partial charge is 0.453 e. The lowest BCUT2D eigenvalue weighted by molar-refractivity contribution is 0.0624. The van der Waals surface area contributed by atoms with Crippen molar-refractivity contribution in [3.05, 3.63) is 29.6 Å². The number of hydrogen-bond donors (Lipinski definition) is 2. The first-order chi connectivity index (χ1) is 16.0. The maximum absolute atomic E-state index is 13.2. The minimum absolute atomic E-state index is 0.0728. The third-order valence-corrected chi connectivity index (χ3v) is 7.17. The van der Waals surface area contributed by atoms with Crippen molar-refractivity contribution in [1.82, 2.24) is 25.1 Å². The van der Waals surface area contributed by atoms with Gasteiger partial charge in [-0.15, -0.1) is 0 Å². The molecular weight excluding hydrogens is 418 g/mol. The Balaban J connectivity index is 1.46. The van der Waals surface area contributed by atoms with Crippen molar-refractivity contribution in [2.45, 2.75) is 57.9 Å². The van der Waals surface area contributed by atoms with Gasteiger partial charge in [0.1, 0.15) is 11.3 Å². The molecule has 2 amide bonds. The van der Waals surface area contributed by atoms with Crippen LogP contribution in [0.15, 0.2) is 18.2 Å². The van der Waals surface area contributed by atoms with Crippen molar-refractivity contribution < 1.29 is 14.3 Å². The zero-order valence-corrected chi connectivity index (χ0v) is 20.1. The van der Waals surface area contributed by atoms with Crippen molar-refractivity contribution in [3.8, 4) is 0 Å². The number of imidazole rings is 1. The van der Waals surface area contributed by atoms with Gasteiger partial charge in [-0.3, -0.25) is 9.69 Å². The van der Waals surface area contributed by atoms with Crippen molar-refractivity contribution in [1.29, 1.82) is 0 Å². The number of ether oxygens (including phenoxy) is 1. The van der Waals surface area contributed by atoms with Crippen LogP contribution in [0.1, 0.15) is 68.1 Å². The standard InChI is InChI=1S/C25H37N5O3/c1-17(2)23-27-20-9-7-8-19(22(20)28-23)24(31)26-16-21(29-12-5-4-6-13-29)18-10-14-30(15-11-18)25(32)33-3/h7-9,17-18,21H,4-6,10-16H2,1-3H3,(H,26,31)(H,27,28). The molecule has 180 valence electrons. The van der Waals surface area contributed by atoms with Crippen LogP contribution in [0.25, 0.3) is 11.0 Å². The van der Waals surface area contributed by atoms with E-state index in [9.17, 15) is 9.59 Å². The lowest BCUT2D eigenvalue weighted by Gasteiger charge is -2.42. The Kier molecular flexibility index (Phi) is 7.53. The molecule has 0 radical (unpaired) electrons. The van der Waals surface area contributed by atoms with Crippen molar-refractivity contribution in [2.24, 2.45) is 5.92 Å². The molecule has 2 fully saturated rings. The van der Waals surface area contributed by atoms with Crippen LogP contribution in [0.3, 0.4) is 0 Å². The van der Waals surface area contributed by atoms with Gasteiger partial charge in [0.2, 0.25) is 0 Å². The maximum atomic E-state index is 13.2. The van der Waals surface area contributed by atoms with E-state index in [2.05, 4.69) is 29.0 Å². The zero-order chi connectivity index (χ0) is 23.4. The second-order valence-corrected chi connectivity index (χ2v) is 9.65. The highest BCUT2D eigenvalue weighted by Crippen LogP contribution is 2.27. The van der Waals surface area contributed by atoms with Gasteiger partial charge < -0.3 is 19.9 Å². The van der Waals surface area contributed by atoms with Gasteiger partial charge in [-0.1, -0.05) is 26.3 Å². The minimum atomic E-state index is -0.246. The number of benzene rings is 1. The highest BCUT2D eigenvalue weighted by atomic mass is 16.5. The lowest BCUT2D eigenvalue weighted by atomic mass is 9.87. The molecule has 8 nitrogen and oxygen atoms in total. The molecule has 0 saturated carbocycles. The summed E-state index contributed by atoms with van der Waals surface area (Å²) in [5.74, 6) is 1.54. The number of likely N-dealkylation sites (tertiary alicyclic amines) is 2. The van der Waals surface area contributed by atoms with Gasteiger partial charge in [-0.05, 0) is 56.8 Å². The molecular formula is C25H37N5O3. The number of nitrogens with one attached hydrogen (secondary N) is 2. The van der Waals surface area contributed by atoms with Gasteiger partial charge in [0.15, 0.2) is 0 Å². The van der Waals surface area contributed by atoms with Crippen LogP contribution in [-0.4, -0.2) is 77.6 Å². The second kappa shape index (κ2) is 10.5. The first kappa shape index (κ1) is 23.5. The third kappa shape index (κ3) is 5.32. The normalized spacial score (nSPS) is 19.1. The number of carbonyl (C=O) groups is 2. The van der Waals surface area contributed by atoms with Gasteiger partial charge >= 0.3 is 6.09 Å². The minimum Gasteiger partial charge on any atom is -0.453 e. The van der Waals surface area contributed by atoms with Crippen LogP contribution in [0.2, 0.25) is 0 Å². The summed E-state index contributed by atoms with van der Waals surface area (Å²) in [5.41, 5.74) is 2.25. The van der Waals surface area contributed by atoms with Crippen LogP contribution < -0.4 is 5.32 Å². The van der Waals surface area contributed by atoms with E-state index in [1.54, 1.807) is 4.90 Å². The summed E-state index contributed by atoms with van der Waals surface area (Å²) in [6, 6.07) is 6.01. The quantitative estimate of drug-likeness (QED) is 0.692. The summed E-state index contributed by atoms with van der Waals surface area (Å²) >= 11 is 0. The molecule has 2 aliphatic heterocycles. The van der Waals surface area contributed by atoms with Gasteiger partial charge in [-0.2, -0.15) is 0 Å². The molecule has 33 heavy (non-hydrogen) atoms. The van der Waals surface area contributed by atoms with Crippen molar-refractivity contribution in [2.75, 3.05) is 39.8 Å². The average molecular weight is 456 g/mol. The molecule has 0 aliphatic carbocycles. The molecule has 0 bridgehead atoms. The highest BCUT2D eigenvalue weighted by molar-refractivity contribution is 6.04. The van der Waals surface area contributed by atoms with Crippen LogP contribution in [0, 0.1) is 5.92 Å². The number of amides is 2. The molecule has 1 atom stereocenters. The number of rotatable bonds is 6. The molecule has 2 N–H and O–H groups in total. The Morgan fingerprint density at radius 2 is 1.88 bits per heavy atom. The SMILES string of the molecule is COC(=O)N1CCC(C(CNC(=O)c2cccc3[nH]c(C(C)C)nc23)N2CCCCC2)CC1. The Bertz CT molecular complexity index is 958. The van der Waals surface area contributed by atoms with Crippen molar-refractivity contribution in [3.63, 3.8) is 0 Å². The Labute approximate surface area is 196 Å². The molecule has 3 heterocycles. The fourth-order valence-corrected chi connectivity index (χ4v) is 5.24. The molecule has 1 aromatic carbocycles. The summed E-state index contributed by atoms with van der Waals surface area (Å²) in [5, 5.41) is 3.23. The molecule has 4 rings (SSSR count). The number of fused-ring (bicyclic) bond motifs is 1. The van der Waals surface area contributed by atoms with E-state index in [4.69, 9.17) is 9.72 Å². The number of H-pyrrole nitrogens is 1. The molecule has 0 spiro atoms. The molecule has 1 unspecified atom stereocenters. The highest BCUT2D eigenvalue weighted by Gasteiger charge is 2.33. The number of para-hydroxylation sites is 1. The van der Waals surface area contributed by atoms with E-state index < -0.39 is 0 Å². The smallest absolute Gasteiger partial charge is 0.409 e. The van der Waals surface area contributed by atoms with Crippen LogP contribution in [0.4, 0.5) is 4.79 Å².